The molecule has 1 saturated carbocycles. The summed E-state index contributed by atoms with van der Waals surface area (Å²) in [7, 11) is 4.05. The number of aromatic nitrogens is 2. The van der Waals surface area contributed by atoms with Crippen LogP contribution in [0.4, 0.5) is 0 Å². The van der Waals surface area contributed by atoms with E-state index in [1.807, 2.05) is 37.2 Å². The largest absolute Gasteiger partial charge is 0.338 e. The summed E-state index contributed by atoms with van der Waals surface area (Å²) in [5.41, 5.74) is 0.614. The quantitative estimate of drug-likeness (QED) is 0.762. The summed E-state index contributed by atoms with van der Waals surface area (Å²) in [5, 5.41) is 0.600. The van der Waals surface area contributed by atoms with Crippen LogP contribution in [0.5, 0.6) is 0 Å². The topological polar surface area (TPSA) is 58.4 Å². The van der Waals surface area contributed by atoms with E-state index in [1.54, 1.807) is 17.0 Å². The first-order valence-corrected chi connectivity index (χ1v) is 9.44. The van der Waals surface area contributed by atoms with Gasteiger partial charge in [-0.05, 0) is 39.1 Å². The molecule has 0 radical (unpaired) electrons. The predicted molar refractivity (Wildman–Crippen MR) is 103 cm³/mol. The van der Waals surface area contributed by atoms with Gasteiger partial charge in [-0.25, -0.2) is 4.98 Å². The van der Waals surface area contributed by atoms with Crippen LogP contribution in [0.25, 0.3) is 10.9 Å². The number of carbonyl (C=O) groups excluding carboxylic acids is 1. The molecule has 1 aliphatic carbocycles. The van der Waals surface area contributed by atoms with Crippen LogP contribution in [-0.4, -0.2) is 58.5 Å². The van der Waals surface area contributed by atoms with Crippen LogP contribution >= 0.6 is 0 Å². The SMILES string of the molecule is CN(C)CCN(C(=O)CCn1cnc2ccccc2c1=O)C1CCCC1. The Morgan fingerprint density at radius 3 is 2.65 bits per heavy atom. The Morgan fingerprint density at radius 2 is 1.92 bits per heavy atom. The molecule has 140 valence electrons. The van der Waals surface area contributed by atoms with Gasteiger partial charge in [-0.3, -0.25) is 14.2 Å². The van der Waals surface area contributed by atoms with E-state index in [2.05, 4.69) is 9.88 Å². The van der Waals surface area contributed by atoms with Crippen molar-refractivity contribution in [2.75, 3.05) is 27.2 Å². The zero-order valence-electron chi connectivity index (χ0n) is 15.7. The first kappa shape index (κ1) is 18.6. The number of rotatable bonds is 7. The summed E-state index contributed by atoms with van der Waals surface area (Å²) in [6, 6.07) is 7.67. The number of fused-ring (bicyclic) bond motifs is 1. The Kier molecular flexibility index (Phi) is 6.04. The first-order chi connectivity index (χ1) is 12.6. The van der Waals surface area contributed by atoms with Crippen LogP contribution < -0.4 is 5.56 Å². The van der Waals surface area contributed by atoms with Crippen LogP contribution in [0.1, 0.15) is 32.1 Å². The van der Waals surface area contributed by atoms with E-state index in [1.165, 1.54) is 12.8 Å². The molecule has 1 aromatic carbocycles. The fourth-order valence-corrected chi connectivity index (χ4v) is 3.66. The molecule has 1 heterocycles. The lowest BCUT2D eigenvalue weighted by molar-refractivity contribution is -0.133. The lowest BCUT2D eigenvalue weighted by Gasteiger charge is -2.30. The Balaban J connectivity index is 1.69. The maximum Gasteiger partial charge on any atom is 0.261 e. The summed E-state index contributed by atoms with van der Waals surface area (Å²) < 4.78 is 1.55. The van der Waals surface area contributed by atoms with Crippen molar-refractivity contribution in [3.63, 3.8) is 0 Å². The van der Waals surface area contributed by atoms with Gasteiger partial charge >= 0.3 is 0 Å². The van der Waals surface area contributed by atoms with Crippen LogP contribution in [0.15, 0.2) is 35.4 Å². The number of nitrogens with zero attached hydrogens (tertiary/aromatic N) is 4. The molecule has 0 saturated heterocycles. The molecule has 0 N–H and O–H groups in total. The molecule has 1 amide bonds. The molecular formula is C20H28N4O2. The Labute approximate surface area is 154 Å². The lowest BCUT2D eigenvalue weighted by atomic mass is 10.2. The van der Waals surface area contributed by atoms with E-state index in [4.69, 9.17) is 0 Å². The van der Waals surface area contributed by atoms with Gasteiger partial charge in [-0.15, -0.1) is 0 Å². The maximum absolute atomic E-state index is 12.9. The molecule has 1 aliphatic rings. The molecular weight excluding hydrogens is 328 g/mol. The number of amides is 1. The zero-order chi connectivity index (χ0) is 18.5. The van der Waals surface area contributed by atoms with E-state index < -0.39 is 0 Å². The van der Waals surface area contributed by atoms with Gasteiger partial charge in [-0.1, -0.05) is 25.0 Å². The fourth-order valence-electron chi connectivity index (χ4n) is 3.66. The summed E-state index contributed by atoms with van der Waals surface area (Å²) in [4.78, 5) is 33.9. The van der Waals surface area contributed by atoms with Gasteiger partial charge in [0.1, 0.15) is 0 Å². The third-order valence-corrected chi connectivity index (χ3v) is 5.17. The van der Waals surface area contributed by atoms with E-state index in [9.17, 15) is 9.59 Å². The molecule has 0 spiro atoms. The van der Waals surface area contributed by atoms with E-state index in [-0.39, 0.29) is 11.5 Å². The number of benzene rings is 1. The minimum atomic E-state index is -0.0795. The normalized spacial score (nSPS) is 15.0. The average molecular weight is 356 g/mol. The van der Waals surface area contributed by atoms with Crippen molar-refractivity contribution in [3.8, 4) is 0 Å². The number of hydrogen-bond acceptors (Lipinski definition) is 4. The monoisotopic (exact) mass is 356 g/mol. The third kappa shape index (κ3) is 4.30. The predicted octanol–water partition coefficient (Wildman–Crippen LogP) is 2.12. The molecule has 6 heteroatoms. The van der Waals surface area contributed by atoms with Gasteiger partial charge in [0, 0.05) is 32.1 Å². The van der Waals surface area contributed by atoms with Crippen molar-refractivity contribution < 1.29 is 4.79 Å². The van der Waals surface area contributed by atoms with Crippen molar-refractivity contribution in [1.29, 1.82) is 0 Å². The van der Waals surface area contributed by atoms with Crippen molar-refractivity contribution >= 4 is 16.8 Å². The Bertz CT molecular complexity index is 809. The van der Waals surface area contributed by atoms with Crippen LogP contribution in [-0.2, 0) is 11.3 Å². The van der Waals surface area contributed by atoms with Crippen molar-refractivity contribution in [3.05, 3.63) is 40.9 Å². The highest BCUT2D eigenvalue weighted by Gasteiger charge is 2.26. The highest BCUT2D eigenvalue weighted by Crippen LogP contribution is 2.24. The van der Waals surface area contributed by atoms with Gasteiger partial charge in [0.2, 0.25) is 5.91 Å². The van der Waals surface area contributed by atoms with Gasteiger partial charge < -0.3 is 9.80 Å². The molecule has 1 aromatic heterocycles. The Hall–Kier alpha value is -2.21. The maximum atomic E-state index is 12.9. The molecule has 6 nitrogen and oxygen atoms in total. The molecule has 0 aliphatic heterocycles. The summed E-state index contributed by atoms with van der Waals surface area (Å²) in [6.45, 7) is 1.99. The van der Waals surface area contributed by atoms with Crippen LogP contribution in [0, 0.1) is 0 Å². The summed E-state index contributed by atoms with van der Waals surface area (Å²) in [5.74, 6) is 0.138. The van der Waals surface area contributed by atoms with E-state index in [0.29, 0.717) is 29.9 Å². The average Bonchev–Trinajstić information content (AvgIpc) is 3.15. The summed E-state index contributed by atoms with van der Waals surface area (Å²) >= 11 is 0. The molecule has 3 rings (SSSR count). The molecule has 26 heavy (non-hydrogen) atoms. The lowest BCUT2D eigenvalue weighted by Crippen LogP contribution is -2.43. The van der Waals surface area contributed by atoms with Crippen LogP contribution in [0.2, 0.25) is 0 Å². The van der Waals surface area contributed by atoms with Crippen molar-refractivity contribution in [1.82, 2.24) is 19.4 Å². The number of aryl methyl sites for hydroxylation is 1. The molecule has 0 bridgehead atoms. The second-order valence-corrected chi connectivity index (χ2v) is 7.34. The standard InChI is InChI=1S/C20H28N4O2/c1-22(2)13-14-24(16-7-3-4-8-16)19(25)11-12-23-15-21-18-10-6-5-9-17(18)20(23)26/h5-6,9-10,15-16H,3-4,7-8,11-14H2,1-2H3. The minimum Gasteiger partial charge on any atom is -0.338 e. The smallest absolute Gasteiger partial charge is 0.261 e. The van der Waals surface area contributed by atoms with Crippen LogP contribution in [0.3, 0.4) is 0 Å². The molecule has 2 aromatic rings. The number of carbonyl (C=O) groups is 1. The Morgan fingerprint density at radius 1 is 1.19 bits per heavy atom. The first-order valence-electron chi connectivity index (χ1n) is 9.44. The van der Waals surface area contributed by atoms with Crippen molar-refractivity contribution in [2.45, 2.75) is 44.7 Å². The van der Waals surface area contributed by atoms with Crippen molar-refractivity contribution in [2.24, 2.45) is 0 Å². The second-order valence-electron chi connectivity index (χ2n) is 7.34. The molecule has 0 atom stereocenters. The zero-order valence-corrected chi connectivity index (χ0v) is 15.7. The molecule has 1 fully saturated rings. The van der Waals surface area contributed by atoms with Gasteiger partial charge in [0.15, 0.2) is 0 Å². The summed E-state index contributed by atoms with van der Waals surface area (Å²) in [6.07, 6.45) is 6.48. The fraction of sp³-hybridized carbons (Fsp3) is 0.550. The second kappa shape index (κ2) is 8.45. The van der Waals surface area contributed by atoms with Gasteiger partial charge in [0.25, 0.3) is 5.56 Å². The molecule has 0 unspecified atom stereocenters. The highest BCUT2D eigenvalue weighted by atomic mass is 16.2. The number of likely N-dealkylation sites (N-methyl/N-ethyl adjacent to an activating group) is 1. The highest BCUT2D eigenvalue weighted by molar-refractivity contribution is 5.77. The minimum absolute atomic E-state index is 0.0795. The van der Waals surface area contributed by atoms with Gasteiger partial charge in [-0.2, -0.15) is 0 Å². The number of hydrogen-bond donors (Lipinski definition) is 0. The third-order valence-electron chi connectivity index (χ3n) is 5.17. The van der Waals surface area contributed by atoms with E-state index >= 15 is 0 Å². The van der Waals surface area contributed by atoms with E-state index in [0.717, 1.165) is 25.9 Å². The number of para-hydroxylation sites is 1. The van der Waals surface area contributed by atoms with Gasteiger partial charge in [0.05, 0.1) is 17.2 Å².